The fourth-order valence-electron chi connectivity index (χ4n) is 0.571. The highest BCUT2D eigenvalue weighted by molar-refractivity contribution is 8.05. The minimum absolute atomic E-state index is 0.481. The van der Waals surface area contributed by atoms with E-state index in [4.69, 9.17) is 0 Å². The first-order valence-electron chi connectivity index (χ1n) is 4.28. The molecule has 1 amide bonds. The zero-order valence-corrected chi connectivity index (χ0v) is 10.7. The van der Waals surface area contributed by atoms with Gasteiger partial charge in [-0.25, -0.2) is 22.3 Å². The molecule has 0 aliphatic rings. The summed E-state index contributed by atoms with van der Waals surface area (Å²) >= 11 is 0. The van der Waals surface area contributed by atoms with Crippen LogP contribution in [0.2, 0.25) is 0 Å². The van der Waals surface area contributed by atoms with Gasteiger partial charge in [0.15, 0.2) is 0 Å². The number of hydroxylamine groups is 1. The van der Waals surface area contributed by atoms with Gasteiger partial charge in [0, 0.05) is 0 Å². The van der Waals surface area contributed by atoms with Crippen molar-refractivity contribution in [1.29, 1.82) is 0 Å². The molecule has 112 valence electrons. The SMILES string of the molecule is C=CC(=O)NOCCS(=O)(=O)NS(=O)(=O)C(F)(F)F. The number of nitrogens with one attached hydrogen (secondary N) is 2. The highest BCUT2D eigenvalue weighted by Crippen LogP contribution is 2.22. The Bertz CT molecular complexity index is 538. The molecule has 0 fully saturated rings. The second kappa shape index (κ2) is 6.31. The molecule has 0 aromatic heterocycles. The Morgan fingerprint density at radius 3 is 2.21 bits per heavy atom. The van der Waals surface area contributed by atoms with E-state index in [-0.39, 0.29) is 0 Å². The molecule has 19 heavy (non-hydrogen) atoms. The van der Waals surface area contributed by atoms with E-state index in [2.05, 4.69) is 11.4 Å². The summed E-state index contributed by atoms with van der Waals surface area (Å²) in [4.78, 5) is 14.8. The topological polar surface area (TPSA) is 119 Å². The van der Waals surface area contributed by atoms with Gasteiger partial charge in [-0.3, -0.25) is 9.63 Å². The van der Waals surface area contributed by atoms with Crippen LogP contribution in [0.15, 0.2) is 12.7 Å². The maximum Gasteiger partial charge on any atom is 0.512 e. The molecular formula is C6H9F3N2O6S2. The first-order valence-corrected chi connectivity index (χ1v) is 7.41. The number of halogens is 3. The zero-order chi connectivity index (χ0) is 15.3. The Labute approximate surface area is 106 Å². The quantitative estimate of drug-likeness (QED) is 0.351. The van der Waals surface area contributed by atoms with Crippen molar-refractivity contribution in [3.63, 3.8) is 0 Å². The summed E-state index contributed by atoms with van der Waals surface area (Å²) in [6.45, 7) is 2.28. The van der Waals surface area contributed by atoms with Crippen molar-refractivity contribution in [1.82, 2.24) is 9.61 Å². The molecule has 0 aromatic rings. The van der Waals surface area contributed by atoms with Gasteiger partial charge in [-0.05, 0) is 6.08 Å². The van der Waals surface area contributed by atoms with E-state index in [0.29, 0.717) is 4.13 Å². The Morgan fingerprint density at radius 1 is 1.26 bits per heavy atom. The van der Waals surface area contributed by atoms with Crippen LogP contribution in [0.25, 0.3) is 0 Å². The van der Waals surface area contributed by atoms with Crippen molar-refractivity contribution in [2.45, 2.75) is 5.51 Å². The van der Waals surface area contributed by atoms with E-state index < -0.39 is 43.8 Å². The largest absolute Gasteiger partial charge is 0.512 e. The Balaban J connectivity index is 4.44. The number of sulfonamides is 2. The van der Waals surface area contributed by atoms with Crippen molar-refractivity contribution in [3.05, 3.63) is 12.7 Å². The van der Waals surface area contributed by atoms with Gasteiger partial charge in [-0.1, -0.05) is 6.58 Å². The summed E-state index contributed by atoms with van der Waals surface area (Å²) < 4.78 is 79.2. The van der Waals surface area contributed by atoms with Gasteiger partial charge in [0.1, 0.15) is 0 Å². The summed E-state index contributed by atoms with van der Waals surface area (Å²) in [7, 11) is -10.8. The van der Waals surface area contributed by atoms with Crippen LogP contribution in [0, 0.1) is 0 Å². The van der Waals surface area contributed by atoms with Crippen LogP contribution in [0.1, 0.15) is 0 Å². The van der Waals surface area contributed by atoms with Crippen LogP contribution in [0.3, 0.4) is 0 Å². The maximum atomic E-state index is 11.9. The third-order valence-electron chi connectivity index (χ3n) is 1.35. The van der Waals surface area contributed by atoms with E-state index in [1.807, 2.05) is 0 Å². The Morgan fingerprint density at radius 2 is 1.79 bits per heavy atom. The van der Waals surface area contributed by atoms with Gasteiger partial charge >= 0.3 is 15.5 Å². The molecule has 2 N–H and O–H groups in total. The van der Waals surface area contributed by atoms with Gasteiger partial charge in [-0.2, -0.15) is 13.2 Å². The molecule has 0 spiro atoms. The van der Waals surface area contributed by atoms with Crippen LogP contribution in [-0.2, 0) is 29.7 Å². The average molecular weight is 326 g/mol. The van der Waals surface area contributed by atoms with Crippen LogP contribution in [0.4, 0.5) is 13.2 Å². The fourth-order valence-corrected chi connectivity index (χ4v) is 2.92. The first-order chi connectivity index (χ1) is 8.41. The van der Waals surface area contributed by atoms with Gasteiger partial charge in [0.05, 0.1) is 12.4 Å². The highest BCUT2D eigenvalue weighted by Gasteiger charge is 2.48. The lowest BCUT2D eigenvalue weighted by molar-refractivity contribution is -0.127. The van der Waals surface area contributed by atoms with Gasteiger partial charge in [-0.15, -0.1) is 4.13 Å². The zero-order valence-electron chi connectivity index (χ0n) is 9.10. The average Bonchev–Trinajstić information content (AvgIpc) is 2.20. The molecule has 0 aliphatic heterocycles. The molecule has 0 unspecified atom stereocenters. The molecule has 0 saturated carbocycles. The van der Waals surface area contributed by atoms with E-state index in [0.717, 1.165) is 6.08 Å². The van der Waals surface area contributed by atoms with E-state index >= 15 is 0 Å². The minimum atomic E-state index is -6.01. The van der Waals surface area contributed by atoms with E-state index in [1.165, 1.54) is 0 Å². The number of carbonyl (C=O) groups is 1. The van der Waals surface area contributed by atoms with Gasteiger partial charge in [0.2, 0.25) is 10.0 Å². The molecule has 0 aromatic carbocycles. The minimum Gasteiger partial charge on any atom is -0.272 e. The summed E-state index contributed by atoms with van der Waals surface area (Å²) in [6.07, 6.45) is 0.793. The molecular weight excluding hydrogens is 317 g/mol. The molecule has 0 heterocycles. The Kier molecular flexibility index (Phi) is 5.92. The van der Waals surface area contributed by atoms with Crippen molar-refractivity contribution in [2.24, 2.45) is 0 Å². The predicted octanol–water partition coefficient (Wildman–Crippen LogP) is -1.01. The standard InChI is InChI=1S/C6H9F3N2O6S2/c1-2-5(12)10-17-3-4-18(13,14)11-19(15,16)6(7,8)9/h2,11H,1,3-4H2,(H,10,12). The number of rotatable bonds is 7. The molecule has 0 radical (unpaired) electrons. The van der Waals surface area contributed by atoms with Gasteiger partial charge in [0.25, 0.3) is 5.91 Å². The maximum absolute atomic E-state index is 11.9. The van der Waals surface area contributed by atoms with Crippen LogP contribution in [0.5, 0.6) is 0 Å². The molecule has 0 rings (SSSR count). The van der Waals surface area contributed by atoms with Crippen molar-refractivity contribution in [2.75, 3.05) is 12.4 Å². The lowest BCUT2D eigenvalue weighted by atomic mass is 10.6. The third kappa shape index (κ3) is 6.51. The molecule has 13 heteroatoms. The van der Waals surface area contributed by atoms with Crippen molar-refractivity contribution < 1.29 is 39.6 Å². The molecule has 0 atom stereocenters. The normalized spacial score (nSPS) is 13.0. The molecule has 0 saturated heterocycles. The number of alkyl halides is 3. The van der Waals surface area contributed by atoms with Gasteiger partial charge < -0.3 is 0 Å². The third-order valence-corrected chi connectivity index (χ3v) is 4.56. The number of hydrogen-bond acceptors (Lipinski definition) is 6. The second-order valence-corrected chi connectivity index (χ2v) is 6.64. The summed E-state index contributed by atoms with van der Waals surface area (Å²) in [5.74, 6) is -1.92. The number of carbonyl (C=O) groups excluding carboxylic acids is 1. The monoisotopic (exact) mass is 326 g/mol. The predicted molar refractivity (Wildman–Crippen MR) is 56.2 cm³/mol. The summed E-state index contributed by atoms with van der Waals surface area (Å²) in [6, 6.07) is 0. The van der Waals surface area contributed by atoms with Crippen LogP contribution >= 0.6 is 0 Å². The van der Waals surface area contributed by atoms with E-state index in [1.54, 1.807) is 5.48 Å². The first kappa shape index (κ1) is 17.8. The van der Waals surface area contributed by atoms with Crippen LogP contribution in [-0.4, -0.2) is 40.6 Å². The second-order valence-electron chi connectivity index (χ2n) is 2.87. The van der Waals surface area contributed by atoms with Crippen molar-refractivity contribution >= 4 is 26.0 Å². The summed E-state index contributed by atoms with van der Waals surface area (Å²) in [5.41, 5.74) is -4.07. The smallest absolute Gasteiger partial charge is 0.272 e. The van der Waals surface area contributed by atoms with Crippen molar-refractivity contribution in [3.8, 4) is 0 Å². The van der Waals surface area contributed by atoms with E-state index in [9.17, 15) is 34.8 Å². The lowest BCUT2D eigenvalue weighted by Crippen LogP contribution is -2.42. The van der Waals surface area contributed by atoms with Crippen LogP contribution < -0.4 is 9.61 Å². The number of amides is 1. The molecule has 0 bridgehead atoms. The highest BCUT2D eigenvalue weighted by atomic mass is 32.3. The number of hydrogen-bond donors (Lipinski definition) is 2. The summed E-state index contributed by atoms with van der Waals surface area (Å²) in [5, 5.41) is 0. The Hall–Kier alpha value is -1.18. The molecule has 0 aliphatic carbocycles. The molecule has 8 nitrogen and oxygen atoms in total. The lowest BCUT2D eigenvalue weighted by Gasteiger charge is -2.10. The fraction of sp³-hybridized carbons (Fsp3) is 0.500.